The van der Waals surface area contributed by atoms with Crippen LogP contribution in [0.3, 0.4) is 0 Å². The Labute approximate surface area is 122 Å². The first kappa shape index (κ1) is 14.8. The lowest BCUT2D eigenvalue weighted by Crippen LogP contribution is -2.38. The highest BCUT2D eigenvalue weighted by Gasteiger charge is 2.26. The summed E-state index contributed by atoms with van der Waals surface area (Å²) in [5, 5.41) is 6.33. The molecule has 2 amide bonds. The predicted octanol–water partition coefficient (Wildman–Crippen LogP) is 0.432. The zero-order chi connectivity index (χ0) is 15.2. The standard InChI is InChI=1S/C14H17N3O4/c1-20-11-5-3-4-9(12(11)21-2)8-15-17-14(19)13(18)16-10-6-7-10/h3-5,8,10H,6-7H2,1-2H3,(H,16,18)(H,17,19)/b15-8-. The monoisotopic (exact) mass is 291 g/mol. The Kier molecular flexibility index (Phi) is 4.76. The van der Waals surface area contributed by atoms with Gasteiger partial charge in [0.1, 0.15) is 0 Å². The summed E-state index contributed by atoms with van der Waals surface area (Å²) in [5.41, 5.74) is 2.80. The van der Waals surface area contributed by atoms with E-state index >= 15 is 0 Å². The molecule has 0 radical (unpaired) electrons. The van der Waals surface area contributed by atoms with E-state index in [1.54, 1.807) is 18.2 Å². The molecule has 1 fully saturated rings. The molecule has 0 bridgehead atoms. The maximum absolute atomic E-state index is 11.5. The number of carbonyl (C=O) groups is 2. The van der Waals surface area contributed by atoms with E-state index in [1.165, 1.54) is 20.4 Å². The van der Waals surface area contributed by atoms with Crippen LogP contribution in [0.5, 0.6) is 11.5 Å². The fraction of sp³-hybridized carbons (Fsp3) is 0.357. The average molecular weight is 291 g/mol. The zero-order valence-electron chi connectivity index (χ0n) is 11.9. The number of rotatable bonds is 5. The Balaban J connectivity index is 1.97. The number of nitrogens with zero attached hydrogens (tertiary/aromatic N) is 1. The molecule has 1 aromatic carbocycles. The molecule has 2 N–H and O–H groups in total. The van der Waals surface area contributed by atoms with Crippen LogP contribution in [-0.4, -0.2) is 38.3 Å². The predicted molar refractivity (Wildman–Crippen MR) is 76.4 cm³/mol. The van der Waals surface area contributed by atoms with Crippen molar-refractivity contribution in [1.29, 1.82) is 0 Å². The highest BCUT2D eigenvalue weighted by Crippen LogP contribution is 2.29. The van der Waals surface area contributed by atoms with Crippen molar-refractivity contribution in [1.82, 2.24) is 10.7 Å². The van der Waals surface area contributed by atoms with Gasteiger partial charge in [-0.3, -0.25) is 9.59 Å². The molecule has 0 aliphatic heterocycles. The molecule has 0 atom stereocenters. The molecule has 7 nitrogen and oxygen atoms in total. The fourth-order valence-corrected chi connectivity index (χ4v) is 1.70. The number of amides is 2. The number of hydrazone groups is 1. The van der Waals surface area contributed by atoms with Crippen molar-refractivity contribution in [2.75, 3.05) is 14.2 Å². The minimum atomic E-state index is -0.792. The topological polar surface area (TPSA) is 89.0 Å². The van der Waals surface area contributed by atoms with Gasteiger partial charge in [-0.1, -0.05) is 6.07 Å². The van der Waals surface area contributed by atoms with Gasteiger partial charge in [-0.2, -0.15) is 5.10 Å². The second-order valence-electron chi connectivity index (χ2n) is 4.53. The van der Waals surface area contributed by atoms with Crippen LogP contribution < -0.4 is 20.2 Å². The van der Waals surface area contributed by atoms with E-state index < -0.39 is 11.8 Å². The van der Waals surface area contributed by atoms with Crippen LogP contribution in [0.2, 0.25) is 0 Å². The van der Waals surface area contributed by atoms with Crippen molar-refractivity contribution in [2.24, 2.45) is 5.10 Å². The molecule has 2 rings (SSSR count). The normalized spacial score (nSPS) is 13.8. The van der Waals surface area contributed by atoms with Crippen LogP contribution >= 0.6 is 0 Å². The van der Waals surface area contributed by atoms with Crippen molar-refractivity contribution in [3.8, 4) is 11.5 Å². The number of para-hydroxylation sites is 1. The fourth-order valence-electron chi connectivity index (χ4n) is 1.70. The summed E-state index contributed by atoms with van der Waals surface area (Å²) >= 11 is 0. The Hall–Kier alpha value is -2.57. The van der Waals surface area contributed by atoms with Gasteiger partial charge in [0.15, 0.2) is 11.5 Å². The van der Waals surface area contributed by atoms with Gasteiger partial charge in [-0.05, 0) is 25.0 Å². The van der Waals surface area contributed by atoms with Crippen LogP contribution in [0.25, 0.3) is 0 Å². The Morgan fingerprint density at radius 2 is 2.00 bits per heavy atom. The van der Waals surface area contributed by atoms with E-state index in [-0.39, 0.29) is 6.04 Å². The zero-order valence-corrected chi connectivity index (χ0v) is 11.9. The third kappa shape index (κ3) is 3.95. The number of nitrogens with one attached hydrogen (secondary N) is 2. The van der Waals surface area contributed by atoms with Gasteiger partial charge < -0.3 is 14.8 Å². The van der Waals surface area contributed by atoms with Gasteiger partial charge in [0.2, 0.25) is 0 Å². The summed E-state index contributed by atoms with van der Waals surface area (Å²) in [6, 6.07) is 5.40. The highest BCUT2D eigenvalue weighted by molar-refractivity contribution is 6.35. The molecular formula is C14H17N3O4. The van der Waals surface area contributed by atoms with Gasteiger partial charge in [-0.15, -0.1) is 0 Å². The number of hydrogen-bond donors (Lipinski definition) is 2. The van der Waals surface area contributed by atoms with Gasteiger partial charge >= 0.3 is 11.8 Å². The Morgan fingerprint density at radius 1 is 1.24 bits per heavy atom. The largest absolute Gasteiger partial charge is 0.493 e. The first-order chi connectivity index (χ1) is 10.2. The summed E-state index contributed by atoms with van der Waals surface area (Å²) in [6.07, 6.45) is 3.23. The van der Waals surface area contributed by atoms with E-state index in [4.69, 9.17) is 9.47 Å². The van der Waals surface area contributed by atoms with E-state index in [0.29, 0.717) is 17.1 Å². The molecule has 112 valence electrons. The van der Waals surface area contributed by atoms with E-state index in [1.807, 2.05) is 0 Å². The van der Waals surface area contributed by atoms with Gasteiger partial charge in [0.25, 0.3) is 0 Å². The minimum Gasteiger partial charge on any atom is -0.493 e. The number of benzene rings is 1. The van der Waals surface area contributed by atoms with E-state index in [2.05, 4.69) is 15.8 Å². The van der Waals surface area contributed by atoms with Crippen molar-refractivity contribution in [3.63, 3.8) is 0 Å². The molecule has 1 aromatic rings. The molecule has 0 heterocycles. The van der Waals surface area contributed by atoms with Gasteiger partial charge in [-0.25, -0.2) is 5.43 Å². The maximum atomic E-state index is 11.5. The number of hydrogen-bond acceptors (Lipinski definition) is 5. The van der Waals surface area contributed by atoms with Crippen molar-refractivity contribution < 1.29 is 19.1 Å². The molecule has 1 aliphatic carbocycles. The quantitative estimate of drug-likeness (QED) is 0.468. The maximum Gasteiger partial charge on any atom is 0.329 e. The lowest BCUT2D eigenvalue weighted by molar-refractivity contribution is -0.139. The number of carbonyl (C=O) groups excluding carboxylic acids is 2. The first-order valence-electron chi connectivity index (χ1n) is 6.50. The smallest absolute Gasteiger partial charge is 0.329 e. The molecule has 1 aliphatic rings. The second-order valence-corrected chi connectivity index (χ2v) is 4.53. The molecule has 1 saturated carbocycles. The summed E-state index contributed by atoms with van der Waals surface area (Å²) in [4.78, 5) is 22.9. The first-order valence-corrected chi connectivity index (χ1v) is 6.50. The van der Waals surface area contributed by atoms with Crippen LogP contribution in [0.15, 0.2) is 23.3 Å². The lowest BCUT2D eigenvalue weighted by Gasteiger charge is -2.09. The summed E-state index contributed by atoms with van der Waals surface area (Å²) in [7, 11) is 3.04. The molecule has 0 spiro atoms. The van der Waals surface area contributed by atoms with E-state index in [0.717, 1.165) is 12.8 Å². The molecular weight excluding hydrogens is 274 g/mol. The Bertz CT molecular complexity index is 567. The summed E-state index contributed by atoms with van der Waals surface area (Å²) < 4.78 is 10.4. The van der Waals surface area contributed by atoms with Gasteiger partial charge in [0, 0.05) is 11.6 Å². The Morgan fingerprint density at radius 3 is 2.62 bits per heavy atom. The third-order valence-electron chi connectivity index (χ3n) is 2.92. The van der Waals surface area contributed by atoms with Crippen molar-refractivity contribution >= 4 is 18.0 Å². The second kappa shape index (κ2) is 6.74. The number of methoxy groups -OCH3 is 2. The minimum absolute atomic E-state index is 0.130. The highest BCUT2D eigenvalue weighted by atomic mass is 16.5. The SMILES string of the molecule is COc1cccc(/C=N\NC(=O)C(=O)NC2CC2)c1OC. The lowest BCUT2D eigenvalue weighted by atomic mass is 10.2. The van der Waals surface area contributed by atoms with Gasteiger partial charge in [0.05, 0.1) is 20.4 Å². The van der Waals surface area contributed by atoms with Crippen molar-refractivity contribution in [3.05, 3.63) is 23.8 Å². The van der Waals surface area contributed by atoms with E-state index in [9.17, 15) is 9.59 Å². The molecule has 0 saturated heterocycles. The average Bonchev–Trinajstić information content (AvgIpc) is 3.30. The molecule has 0 unspecified atom stereocenters. The van der Waals surface area contributed by atoms with Crippen LogP contribution in [0.1, 0.15) is 18.4 Å². The van der Waals surface area contributed by atoms with Crippen LogP contribution in [0.4, 0.5) is 0 Å². The molecule has 7 heteroatoms. The summed E-state index contributed by atoms with van der Waals surface area (Å²) in [5.74, 6) is -0.410. The number of ether oxygens (including phenoxy) is 2. The van der Waals surface area contributed by atoms with Crippen molar-refractivity contribution in [2.45, 2.75) is 18.9 Å². The van der Waals surface area contributed by atoms with Crippen LogP contribution in [0, 0.1) is 0 Å². The molecule has 0 aromatic heterocycles. The van der Waals surface area contributed by atoms with Crippen LogP contribution in [-0.2, 0) is 9.59 Å². The molecule has 21 heavy (non-hydrogen) atoms. The third-order valence-corrected chi connectivity index (χ3v) is 2.92. The summed E-state index contributed by atoms with van der Waals surface area (Å²) in [6.45, 7) is 0.